The quantitative estimate of drug-likeness (QED) is 0.119. The number of aliphatic hydroxyl groups excluding tert-OH is 7. The average Bonchev–Trinajstić information content (AvgIpc) is 2.98. The van der Waals surface area contributed by atoms with Crippen LogP contribution in [0.4, 0.5) is 0 Å². The Labute approximate surface area is 246 Å². The number of benzene rings is 2. The fourth-order valence-electron chi connectivity index (χ4n) is 4.89. The Morgan fingerprint density at radius 3 is 2.00 bits per heavy atom. The second-order valence-corrected chi connectivity index (χ2v) is 10.3. The SMILES string of the molecule is O=c1c(O[C@H]2O[C@H](CO[C@H]3O[C@H](CO)[C@H](O)[C@@H](O)[C@H]3O)[C@H](O)[C@@H](O)[C@H]2O)c(-c2ccc(O)c(O)c2)oc2cc(O)cc(O)c12. The van der Waals surface area contributed by atoms with Crippen LogP contribution in [0.5, 0.6) is 28.7 Å². The first-order valence-corrected chi connectivity index (χ1v) is 13.2. The number of aromatic hydroxyl groups is 4. The fraction of sp³-hybridized carbons (Fsp3) is 0.444. The van der Waals surface area contributed by atoms with Crippen LogP contribution in [-0.4, -0.2) is 131 Å². The third kappa shape index (κ3) is 5.73. The number of fused-ring (bicyclic) bond motifs is 1. The molecule has 2 fully saturated rings. The summed E-state index contributed by atoms with van der Waals surface area (Å²) in [5.41, 5.74) is -1.41. The van der Waals surface area contributed by atoms with Crippen molar-refractivity contribution in [3.8, 4) is 40.1 Å². The van der Waals surface area contributed by atoms with Gasteiger partial charge < -0.3 is 79.5 Å². The third-order valence-electron chi connectivity index (χ3n) is 7.33. The molecule has 2 aliphatic rings. The summed E-state index contributed by atoms with van der Waals surface area (Å²) in [6, 6.07) is 5.17. The van der Waals surface area contributed by atoms with Gasteiger partial charge in [-0.25, -0.2) is 0 Å². The van der Waals surface area contributed by atoms with Crippen molar-refractivity contribution in [2.45, 2.75) is 61.4 Å². The minimum atomic E-state index is -2.00. The highest BCUT2D eigenvalue weighted by molar-refractivity contribution is 5.88. The molecule has 17 heteroatoms. The summed E-state index contributed by atoms with van der Waals surface area (Å²) in [6.45, 7) is -1.42. The van der Waals surface area contributed by atoms with Crippen LogP contribution in [0.15, 0.2) is 39.5 Å². The first-order valence-electron chi connectivity index (χ1n) is 13.2. The molecule has 240 valence electrons. The van der Waals surface area contributed by atoms with E-state index in [9.17, 15) is 61.0 Å². The summed E-state index contributed by atoms with van der Waals surface area (Å²) in [6.07, 6.45) is -17.4. The molecule has 0 unspecified atom stereocenters. The van der Waals surface area contributed by atoms with Crippen molar-refractivity contribution in [3.05, 3.63) is 40.6 Å². The molecule has 0 bridgehead atoms. The smallest absolute Gasteiger partial charge is 0.239 e. The van der Waals surface area contributed by atoms with Crippen molar-refractivity contribution in [1.29, 1.82) is 0 Å². The maximum absolute atomic E-state index is 13.6. The van der Waals surface area contributed by atoms with Gasteiger partial charge in [0.2, 0.25) is 17.5 Å². The van der Waals surface area contributed by atoms with Crippen molar-refractivity contribution < 1.29 is 79.5 Å². The van der Waals surface area contributed by atoms with Crippen molar-refractivity contribution in [2.75, 3.05) is 13.2 Å². The number of aliphatic hydroxyl groups is 7. The molecule has 17 nitrogen and oxygen atoms in total. The number of hydrogen-bond donors (Lipinski definition) is 11. The van der Waals surface area contributed by atoms with Crippen LogP contribution >= 0.6 is 0 Å². The van der Waals surface area contributed by atoms with Gasteiger partial charge in [-0.15, -0.1) is 0 Å². The number of phenolic OH excluding ortho intramolecular Hbond substituents is 4. The van der Waals surface area contributed by atoms with E-state index in [4.69, 9.17) is 23.4 Å². The minimum absolute atomic E-state index is 0.0504. The molecule has 0 amide bonds. The zero-order valence-corrected chi connectivity index (χ0v) is 22.4. The lowest BCUT2D eigenvalue weighted by Gasteiger charge is -2.42. The normalized spacial score (nSPS) is 32.5. The van der Waals surface area contributed by atoms with E-state index < -0.39 is 120 Å². The highest BCUT2D eigenvalue weighted by atomic mass is 16.7. The van der Waals surface area contributed by atoms with Crippen LogP contribution in [0.3, 0.4) is 0 Å². The molecule has 1 aromatic heterocycles. The highest BCUT2D eigenvalue weighted by Crippen LogP contribution is 2.39. The molecule has 0 aliphatic carbocycles. The van der Waals surface area contributed by atoms with Crippen LogP contribution < -0.4 is 10.2 Å². The van der Waals surface area contributed by atoms with Crippen molar-refractivity contribution in [1.82, 2.24) is 0 Å². The van der Waals surface area contributed by atoms with E-state index in [2.05, 4.69) is 0 Å². The second-order valence-electron chi connectivity index (χ2n) is 10.3. The van der Waals surface area contributed by atoms with Gasteiger partial charge in [0.1, 0.15) is 71.3 Å². The van der Waals surface area contributed by atoms with Crippen LogP contribution in [-0.2, 0) is 14.2 Å². The first kappa shape index (κ1) is 31.7. The third-order valence-corrected chi connectivity index (χ3v) is 7.33. The van der Waals surface area contributed by atoms with E-state index in [1.54, 1.807) is 0 Å². The predicted octanol–water partition coefficient (Wildman–Crippen LogP) is -2.71. The van der Waals surface area contributed by atoms with Crippen LogP contribution in [0.2, 0.25) is 0 Å². The van der Waals surface area contributed by atoms with Crippen molar-refractivity contribution in [3.63, 3.8) is 0 Å². The highest BCUT2D eigenvalue weighted by Gasteiger charge is 2.48. The molecule has 10 atom stereocenters. The molecular weight excluding hydrogens is 596 g/mol. The molecule has 11 N–H and O–H groups in total. The molecule has 3 heterocycles. The lowest BCUT2D eigenvalue weighted by atomic mass is 9.98. The van der Waals surface area contributed by atoms with Gasteiger partial charge in [0, 0.05) is 17.7 Å². The van der Waals surface area contributed by atoms with Gasteiger partial charge in [-0.2, -0.15) is 0 Å². The molecule has 5 rings (SSSR count). The van der Waals surface area contributed by atoms with Gasteiger partial charge in [-0.05, 0) is 18.2 Å². The maximum Gasteiger partial charge on any atom is 0.239 e. The maximum atomic E-state index is 13.6. The summed E-state index contributed by atoms with van der Waals surface area (Å²) in [7, 11) is 0. The van der Waals surface area contributed by atoms with Gasteiger partial charge in [-0.3, -0.25) is 4.79 Å². The molecule has 2 aliphatic heterocycles. The molecule has 44 heavy (non-hydrogen) atoms. The van der Waals surface area contributed by atoms with Crippen LogP contribution in [0.1, 0.15) is 0 Å². The summed E-state index contributed by atoms with van der Waals surface area (Å²) >= 11 is 0. The van der Waals surface area contributed by atoms with E-state index >= 15 is 0 Å². The summed E-state index contributed by atoms with van der Waals surface area (Å²) in [5.74, 6) is -3.44. The van der Waals surface area contributed by atoms with E-state index in [0.717, 1.165) is 24.3 Å². The predicted molar refractivity (Wildman–Crippen MR) is 142 cm³/mol. The zero-order chi connectivity index (χ0) is 32.0. The van der Waals surface area contributed by atoms with E-state index in [1.165, 1.54) is 6.07 Å². The zero-order valence-electron chi connectivity index (χ0n) is 22.4. The van der Waals surface area contributed by atoms with Gasteiger partial charge in [0.05, 0.1) is 13.2 Å². The van der Waals surface area contributed by atoms with Gasteiger partial charge in [0.25, 0.3) is 0 Å². The molecule has 3 aromatic rings. The lowest BCUT2D eigenvalue weighted by molar-refractivity contribution is -0.323. The Morgan fingerprint density at radius 1 is 0.705 bits per heavy atom. The molecule has 2 saturated heterocycles. The molecule has 2 aromatic carbocycles. The molecule has 0 spiro atoms. The topological polar surface area (TPSA) is 290 Å². The Bertz CT molecular complexity index is 1560. The monoisotopic (exact) mass is 626 g/mol. The Balaban J connectivity index is 1.47. The second kappa shape index (κ2) is 12.3. The molecule has 0 saturated carbocycles. The summed E-state index contributed by atoms with van der Waals surface area (Å²) in [4.78, 5) is 13.6. The molecular formula is C27H30O17. The summed E-state index contributed by atoms with van der Waals surface area (Å²) < 4.78 is 27.6. The van der Waals surface area contributed by atoms with Crippen LogP contribution in [0, 0.1) is 0 Å². The minimum Gasteiger partial charge on any atom is -0.508 e. The largest absolute Gasteiger partial charge is 0.508 e. The lowest BCUT2D eigenvalue weighted by Crippen LogP contribution is -2.62. The van der Waals surface area contributed by atoms with E-state index in [0.29, 0.717) is 0 Å². The fourth-order valence-corrected chi connectivity index (χ4v) is 4.89. The van der Waals surface area contributed by atoms with Crippen LogP contribution in [0.25, 0.3) is 22.3 Å². The van der Waals surface area contributed by atoms with Gasteiger partial charge >= 0.3 is 0 Å². The van der Waals surface area contributed by atoms with Crippen molar-refractivity contribution >= 4 is 11.0 Å². The Hall–Kier alpha value is -3.75. The average molecular weight is 627 g/mol. The van der Waals surface area contributed by atoms with Gasteiger partial charge in [0.15, 0.2) is 23.5 Å². The number of rotatable bonds is 7. The Kier molecular flexibility index (Phi) is 8.87. The first-order chi connectivity index (χ1) is 20.8. The van der Waals surface area contributed by atoms with Crippen molar-refractivity contribution in [2.24, 2.45) is 0 Å². The molecule has 0 radical (unpaired) electrons. The number of hydrogen-bond acceptors (Lipinski definition) is 17. The standard InChI is InChI=1S/C27H30O17/c28-6-14-17(33)20(36)22(38)26(42-14)40-7-15-18(34)21(37)23(39)27(43-15)44-25-19(35)16-12(32)4-9(29)5-13(16)41-24(25)8-1-2-10(30)11(31)3-8/h1-5,14-15,17-18,20-23,26-34,36-39H,6-7H2/t14-,15-,17+,18+,20-,21-,22-,23-,26+,27-/m1/s1. The van der Waals surface area contributed by atoms with Gasteiger partial charge in [-0.1, -0.05) is 0 Å². The Morgan fingerprint density at radius 2 is 1.34 bits per heavy atom. The number of ether oxygens (including phenoxy) is 4. The van der Waals surface area contributed by atoms with E-state index in [1.807, 2.05) is 0 Å². The summed E-state index contributed by atoms with van der Waals surface area (Å²) in [5, 5.41) is 111. The number of phenols is 4. The van der Waals surface area contributed by atoms with E-state index in [-0.39, 0.29) is 11.1 Å².